The monoisotopic (exact) mass is 483 g/mol. The minimum Gasteiger partial charge on any atom is -0.494 e. The van der Waals surface area contributed by atoms with E-state index in [1.807, 2.05) is 11.8 Å². The summed E-state index contributed by atoms with van der Waals surface area (Å²) in [4.78, 5) is 35.5. The number of nitrogens with one attached hydrogen (secondary N) is 2. The van der Waals surface area contributed by atoms with Gasteiger partial charge in [-0.1, -0.05) is 19.2 Å². The van der Waals surface area contributed by atoms with E-state index >= 15 is 0 Å². The summed E-state index contributed by atoms with van der Waals surface area (Å²) in [5.74, 6) is 1.46. The van der Waals surface area contributed by atoms with Crippen molar-refractivity contribution in [1.29, 1.82) is 0 Å². The third kappa shape index (κ3) is 6.45. The number of rotatable bonds is 12. The number of ether oxygens (including phenoxy) is 1. The molecule has 0 unspecified atom stereocenters. The maximum Gasteiger partial charge on any atom is 0.225 e. The number of hydrogen-bond acceptors (Lipinski definition) is 6. The van der Waals surface area contributed by atoms with Crippen molar-refractivity contribution in [2.45, 2.75) is 52.1 Å². The van der Waals surface area contributed by atoms with Gasteiger partial charge < -0.3 is 25.7 Å². The van der Waals surface area contributed by atoms with Crippen LogP contribution in [-0.4, -0.2) is 39.8 Å². The second kappa shape index (κ2) is 12.3. The minimum absolute atomic E-state index is 0.102. The van der Waals surface area contributed by atoms with Gasteiger partial charge in [0.1, 0.15) is 11.6 Å². The molecule has 9 heteroatoms. The number of aryl methyl sites for hydroxylation is 1. The van der Waals surface area contributed by atoms with Gasteiger partial charge in [-0.3, -0.25) is 9.59 Å². The molecule has 1 aliphatic heterocycles. The molecular formula is C25H33N5O3S. The van der Waals surface area contributed by atoms with Crippen LogP contribution in [0.2, 0.25) is 0 Å². The molecule has 0 aliphatic carbocycles. The molecule has 182 valence electrons. The zero-order valence-electron chi connectivity index (χ0n) is 19.7. The number of carbonyl (C=O) groups excluding carboxylic acids is 2. The quantitative estimate of drug-likeness (QED) is 0.314. The summed E-state index contributed by atoms with van der Waals surface area (Å²) in [6.07, 6.45) is 9.35. The number of amides is 2. The van der Waals surface area contributed by atoms with Crippen LogP contribution < -0.4 is 11.1 Å². The molecule has 1 aliphatic rings. The first-order valence-corrected chi connectivity index (χ1v) is 12.3. The third-order valence-corrected chi connectivity index (χ3v) is 6.85. The van der Waals surface area contributed by atoms with Crippen LogP contribution in [0, 0.1) is 0 Å². The molecule has 3 heterocycles. The molecule has 8 nitrogen and oxygen atoms in total. The summed E-state index contributed by atoms with van der Waals surface area (Å²) >= 11 is 1.51. The zero-order chi connectivity index (χ0) is 24.5. The molecule has 34 heavy (non-hydrogen) atoms. The van der Waals surface area contributed by atoms with Crippen molar-refractivity contribution in [3.63, 3.8) is 0 Å². The maximum absolute atomic E-state index is 12.7. The van der Waals surface area contributed by atoms with Crippen LogP contribution in [0.3, 0.4) is 0 Å². The SMILES string of the molecule is C=C/C=C(/OCC)C(=C)CCC(=O)Nc1sc2c(c1CN)CCN(C(=O)CCc1ncc[nH]1)C2. The predicted octanol–water partition coefficient (Wildman–Crippen LogP) is 3.83. The second-order valence-electron chi connectivity index (χ2n) is 7.97. The molecule has 0 bridgehead atoms. The van der Waals surface area contributed by atoms with Gasteiger partial charge >= 0.3 is 0 Å². The van der Waals surface area contributed by atoms with Crippen LogP contribution in [0.1, 0.15) is 48.0 Å². The van der Waals surface area contributed by atoms with Gasteiger partial charge in [-0.25, -0.2) is 4.98 Å². The fraction of sp³-hybridized carbons (Fsp3) is 0.400. The molecule has 0 spiro atoms. The first-order chi connectivity index (χ1) is 16.5. The number of imidazole rings is 1. The van der Waals surface area contributed by atoms with Crippen LogP contribution in [0.4, 0.5) is 5.00 Å². The average Bonchev–Trinajstić information content (AvgIpc) is 3.47. The van der Waals surface area contributed by atoms with Crippen molar-refractivity contribution in [2.24, 2.45) is 5.73 Å². The third-order valence-electron chi connectivity index (χ3n) is 5.68. The summed E-state index contributed by atoms with van der Waals surface area (Å²) < 4.78 is 5.56. The van der Waals surface area contributed by atoms with Gasteiger partial charge in [0.2, 0.25) is 11.8 Å². The Labute approximate surface area is 204 Å². The number of nitrogens with zero attached hydrogens (tertiary/aromatic N) is 2. The van der Waals surface area contributed by atoms with E-state index in [2.05, 4.69) is 28.4 Å². The van der Waals surface area contributed by atoms with E-state index in [-0.39, 0.29) is 18.2 Å². The Kier molecular flexibility index (Phi) is 9.24. The van der Waals surface area contributed by atoms with Gasteiger partial charge in [0.15, 0.2) is 0 Å². The van der Waals surface area contributed by atoms with Gasteiger partial charge in [0.25, 0.3) is 0 Å². The molecule has 0 saturated heterocycles. The van der Waals surface area contributed by atoms with Gasteiger partial charge in [0.05, 0.1) is 18.2 Å². The van der Waals surface area contributed by atoms with E-state index in [0.717, 1.165) is 38.8 Å². The van der Waals surface area contributed by atoms with Gasteiger partial charge in [-0.2, -0.15) is 0 Å². The number of fused-ring (bicyclic) bond motifs is 1. The van der Waals surface area contributed by atoms with E-state index in [9.17, 15) is 9.59 Å². The standard InChI is InChI=1S/C25H33N5O3S/c1-4-6-20(33-5-2)17(3)7-9-23(31)29-25-19(15-26)18-11-14-30(16-21(18)34-25)24(32)10-8-22-27-12-13-28-22/h4,6,12-13H,1,3,5,7-11,14-16,26H2,2H3,(H,27,28)(H,29,31)/b20-6+. The second-order valence-corrected chi connectivity index (χ2v) is 9.07. The van der Waals surface area contributed by atoms with E-state index in [1.54, 1.807) is 24.5 Å². The maximum atomic E-state index is 12.7. The number of carbonyl (C=O) groups is 2. The van der Waals surface area contributed by atoms with Crippen LogP contribution >= 0.6 is 11.3 Å². The van der Waals surface area contributed by atoms with E-state index in [1.165, 1.54) is 11.3 Å². The minimum atomic E-state index is -0.102. The molecule has 4 N–H and O–H groups in total. The Hall–Kier alpha value is -3.17. The number of anilines is 1. The molecule has 0 atom stereocenters. The van der Waals surface area contributed by atoms with Crippen LogP contribution in [0.25, 0.3) is 0 Å². The molecular weight excluding hydrogens is 450 g/mol. The molecule has 0 radical (unpaired) electrons. The van der Waals surface area contributed by atoms with E-state index in [4.69, 9.17) is 10.5 Å². The normalized spacial score (nSPS) is 13.4. The van der Waals surface area contributed by atoms with Crippen molar-refractivity contribution in [3.8, 4) is 0 Å². The molecule has 3 rings (SSSR count). The lowest BCUT2D eigenvalue weighted by Crippen LogP contribution is -2.35. The van der Waals surface area contributed by atoms with E-state index in [0.29, 0.717) is 51.3 Å². The molecule has 0 aromatic carbocycles. The average molecular weight is 484 g/mol. The topological polar surface area (TPSA) is 113 Å². The lowest BCUT2D eigenvalue weighted by atomic mass is 10.0. The number of hydrogen-bond donors (Lipinski definition) is 3. The Morgan fingerprint density at radius 1 is 1.38 bits per heavy atom. The van der Waals surface area contributed by atoms with Crippen molar-refractivity contribution in [1.82, 2.24) is 14.9 Å². The number of aromatic nitrogens is 2. The van der Waals surface area contributed by atoms with E-state index < -0.39 is 0 Å². The van der Waals surface area contributed by atoms with Crippen LogP contribution in [0.5, 0.6) is 0 Å². The summed E-state index contributed by atoms with van der Waals surface area (Å²) in [7, 11) is 0. The largest absolute Gasteiger partial charge is 0.494 e. The molecule has 2 amide bonds. The van der Waals surface area contributed by atoms with Crippen molar-refractivity contribution in [2.75, 3.05) is 18.5 Å². The highest BCUT2D eigenvalue weighted by molar-refractivity contribution is 7.16. The summed E-state index contributed by atoms with van der Waals surface area (Å²) in [5.41, 5.74) is 8.92. The Balaban J connectivity index is 1.59. The first kappa shape index (κ1) is 25.5. The lowest BCUT2D eigenvalue weighted by Gasteiger charge is -2.27. The highest BCUT2D eigenvalue weighted by Gasteiger charge is 2.27. The fourth-order valence-corrected chi connectivity index (χ4v) is 5.23. The van der Waals surface area contributed by atoms with Crippen molar-refractivity contribution < 1.29 is 14.3 Å². The lowest BCUT2D eigenvalue weighted by molar-refractivity contribution is -0.132. The number of nitrogens with two attached hydrogens (primary N) is 1. The first-order valence-electron chi connectivity index (χ1n) is 11.5. The highest BCUT2D eigenvalue weighted by Crippen LogP contribution is 2.37. The highest BCUT2D eigenvalue weighted by atomic mass is 32.1. The van der Waals surface area contributed by atoms with Crippen molar-refractivity contribution >= 4 is 28.2 Å². The van der Waals surface area contributed by atoms with Gasteiger partial charge in [-0.05, 0) is 37.0 Å². The smallest absolute Gasteiger partial charge is 0.225 e. The van der Waals surface area contributed by atoms with Crippen molar-refractivity contribution in [3.05, 3.63) is 70.9 Å². The van der Waals surface area contributed by atoms with Gasteiger partial charge in [0, 0.05) is 55.2 Å². The van der Waals surface area contributed by atoms with Crippen LogP contribution in [0.15, 0.2) is 49.0 Å². The molecule has 0 saturated carbocycles. The number of thiophene rings is 1. The number of H-pyrrole nitrogens is 1. The summed E-state index contributed by atoms with van der Waals surface area (Å²) in [6, 6.07) is 0. The van der Waals surface area contributed by atoms with Gasteiger partial charge in [-0.15, -0.1) is 11.3 Å². The Morgan fingerprint density at radius 3 is 2.88 bits per heavy atom. The van der Waals surface area contributed by atoms with Crippen LogP contribution in [-0.2, 0) is 40.3 Å². The molecule has 0 fully saturated rings. The number of aromatic amines is 1. The molecule has 2 aromatic rings. The zero-order valence-corrected chi connectivity index (χ0v) is 20.5. The number of allylic oxidation sites excluding steroid dienone is 3. The summed E-state index contributed by atoms with van der Waals surface area (Å²) in [5, 5.41) is 3.80. The predicted molar refractivity (Wildman–Crippen MR) is 135 cm³/mol. The fourth-order valence-electron chi connectivity index (χ4n) is 3.92. The molecule has 2 aromatic heterocycles. The Morgan fingerprint density at radius 2 is 2.21 bits per heavy atom. The summed E-state index contributed by atoms with van der Waals surface area (Å²) in [6.45, 7) is 11.7. The Bertz CT molecular complexity index is 1060.